The third-order valence-corrected chi connectivity index (χ3v) is 4.54. The molecule has 0 spiro atoms. The molecule has 0 saturated carbocycles. The van der Waals surface area contributed by atoms with Gasteiger partial charge in [0.1, 0.15) is 5.82 Å². The minimum Gasteiger partial charge on any atom is -0.339 e. The monoisotopic (exact) mass is 366 g/mol. The summed E-state index contributed by atoms with van der Waals surface area (Å²) in [6.07, 6.45) is -3.22. The number of likely N-dealkylation sites (tertiary alicyclic amines) is 1. The number of halogens is 4. The first-order chi connectivity index (χ1) is 12.3. The van der Waals surface area contributed by atoms with E-state index in [1.807, 2.05) is 0 Å². The molecule has 7 heteroatoms. The molecule has 0 bridgehead atoms. The highest BCUT2D eigenvalue weighted by atomic mass is 19.4. The van der Waals surface area contributed by atoms with Gasteiger partial charge < -0.3 is 10.6 Å². The van der Waals surface area contributed by atoms with E-state index in [9.17, 15) is 22.4 Å². The van der Waals surface area contributed by atoms with Gasteiger partial charge in [-0.1, -0.05) is 18.2 Å². The Hall–Kier alpha value is -2.41. The van der Waals surface area contributed by atoms with Crippen molar-refractivity contribution in [2.75, 3.05) is 13.1 Å². The maximum Gasteiger partial charge on any atom is 0.416 e. The molecule has 0 unspecified atom stereocenters. The third kappa shape index (κ3) is 3.88. The molecule has 0 aliphatic carbocycles. The van der Waals surface area contributed by atoms with Crippen molar-refractivity contribution in [3.05, 3.63) is 59.4 Å². The highest BCUT2D eigenvalue weighted by Crippen LogP contribution is 2.33. The molecule has 3 rings (SSSR count). The van der Waals surface area contributed by atoms with E-state index < -0.39 is 23.5 Å². The number of carbonyl (C=O) groups excluding carboxylic acids is 1. The summed E-state index contributed by atoms with van der Waals surface area (Å²) in [7, 11) is 0. The smallest absolute Gasteiger partial charge is 0.339 e. The topological polar surface area (TPSA) is 46.3 Å². The number of piperidine rings is 1. The standard InChI is InChI=1S/C19H18F4N2O/c20-14-4-5-16(12-2-1-3-13(10-12)19(21,22)23)17(11-14)18(26)25-8-6-15(24)7-9-25/h1-5,10-11,15H,6-9,24H2. The van der Waals surface area contributed by atoms with Crippen LogP contribution in [0.3, 0.4) is 0 Å². The fourth-order valence-electron chi connectivity index (χ4n) is 3.08. The molecule has 138 valence electrons. The van der Waals surface area contributed by atoms with Gasteiger partial charge >= 0.3 is 6.18 Å². The van der Waals surface area contributed by atoms with E-state index in [1.54, 1.807) is 4.90 Å². The first-order valence-corrected chi connectivity index (χ1v) is 8.28. The van der Waals surface area contributed by atoms with Gasteiger partial charge in [-0.15, -0.1) is 0 Å². The first-order valence-electron chi connectivity index (χ1n) is 8.28. The normalized spacial score (nSPS) is 16.0. The lowest BCUT2D eigenvalue weighted by atomic mass is 9.96. The van der Waals surface area contributed by atoms with Crippen LogP contribution in [0, 0.1) is 5.82 Å². The van der Waals surface area contributed by atoms with Crippen LogP contribution in [-0.2, 0) is 6.18 Å². The molecule has 2 aromatic rings. The van der Waals surface area contributed by atoms with Crippen molar-refractivity contribution in [1.82, 2.24) is 4.90 Å². The van der Waals surface area contributed by atoms with Crippen LogP contribution in [0.1, 0.15) is 28.8 Å². The number of amides is 1. The van der Waals surface area contributed by atoms with E-state index in [-0.39, 0.29) is 22.7 Å². The summed E-state index contributed by atoms with van der Waals surface area (Å²) in [4.78, 5) is 14.4. The number of benzene rings is 2. The van der Waals surface area contributed by atoms with Crippen molar-refractivity contribution in [1.29, 1.82) is 0 Å². The molecule has 0 atom stereocenters. The maximum atomic E-state index is 13.8. The molecule has 2 aromatic carbocycles. The minimum absolute atomic E-state index is 0.0227. The number of hydrogen-bond acceptors (Lipinski definition) is 2. The Morgan fingerprint density at radius 2 is 1.77 bits per heavy atom. The summed E-state index contributed by atoms with van der Waals surface area (Å²) in [6, 6.07) is 8.26. The molecule has 2 N–H and O–H groups in total. The molecule has 1 heterocycles. The van der Waals surface area contributed by atoms with E-state index in [4.69, 9.17) is 5.73 Å². The van der Waals surface area contributed by atoms with Gasteiger partial charge in [0, 0.05) is 19.1 Å². The van der Waals surface area contributed by atoms with Gasteiger partial charge in [0.2, 0.25) is 0 Å². The molecule has 26 heavy (non-hydrogen) atoms. The van der Waals surface area contributed by atoms with Crippen molar-refractivity contribution >= 4 is 5.91 Å². The van der Waals surface area contributed by atoms with Crippen molar-refractivity contribution in [3.8, 4) is 11.1 Å². The third-order valence-electron chi connectivity index (χ3n) is 4.54. The summed E-state index contributed by atoms with van der Waals surface area (Å²) < 4.78 is 52.7. The Balaban J connectivity index is 2.00. The van der Waals surface area contributed by atoms with Gasteiger partial charge in [-0.3, -0.25) is 4.79 Å². The number of rotatable bonds is 2. The van der Waals surface area contributed by atoms with E-state index >= 15 is 0 Å². The van der Waals surface area contributed by atoms with Gasteiger partial charge in [0.05, 0.1) is 11.1 Å². The fraction of sp³-hybridized carbons (Fsp3) is 0.316. The molecule has 1 saturated heterocycles. The minimum atomic E-state index is -4.50. The Morgan fingerprint density at radius 1 is 1.08 bits per heavy atom. The average molecular weight is 366 g/mol. The van der Waals surface area contributed by atoms with Crippen LogP contribution >= 0.6 is 0 Å². The molecule has 1 aliphatic heterocycles. The summed E-state index contributed by atoms with van der Waals surface area (Å²) in [6.45, 7) is 0.886. The lowest BCUT2D eigenvalue weighted by Gasteiger charge is -2.30. The van der Waals surface area contributed by atoms with Crippen LogP contribution in [0.5, 0.6) is 0 Å². The lowest BCUT2D eigenvalue weighted by Crippen LogP contribution is -2.43. The highest BCUT2D eigenvalue weighted by Gasteiger charge is 2.31. The summed E-state index contributed by atoms with van der Waals surface area (Å²) in [5.74, 6) is -1.01. The molecule has 3 nitrogen and oxygen atoms in total. The molecule has 1 fully saturated rings. The van der Waals surface area contributed by atoms with E-state index in [1.165, 1.54) is 18.2 Å². The molecule has 0 aromatic heterocycles. The van der Waals surface area contributed by atoms with Gasteiger partial charge in [-0.25, -0.2) is 4.39 Å². The van der Waals surface area contributed by atoms with Crippen molar-refractivity contribution in [2.45, 2.75) is 25.1 Å². The largest absolute Gasteiger partial charge is 0.416 e. The first kappa shape index (κ1) is 18.4. The number of nitrogens with two attached hydrogens (primary N) is 1. The second-order valence-corrected chi connectivity index (χ2v) is 6.40. The zero-order chi connectivity index (χ0) is 18.9. The number of hydrogen-bond donors (Lipinski definition) is 1. The molecular weight excluding hydrogens is 348 g/mol. The lowest BCUT2D eigenvalue weighted by molar-refractivity contribution is -0.137. The zero-order valence-corrected chi connectivity index (χ0v) is 13.9. The second kappa shape index (κ2) is 7.07. The Labute approximate surface area is 148 Å². The van der Waals surface area contributed by atoms with E-state index in [0.29, 0.717) is 25.9 Å². The second-order valence-electron chi connectivity index (χ2n) is 6.40. The predicted octanol–water partition coefficient (Wildman–Crippen LogP) is 4.07. The number of carbonyl (C=O) groups is 1. The van der Waals surface area contributed by atoms with E-state index in [2.05, 4.69) is 0 Å². The Kier molecular flexibility index (Phi) is 5.00. The summed E-state index contributed by atoms with van der Waals surface area (Å²) in [5.41, 5.74) is 5.57. The molecule has 0 radical (unpaired) electrons. The zero-order valence-electron chi connectivity index (χ0n) is 13.9. The Bertz CT molecular complexity index is 811. The number of alkyl halides is 3. The van der Waals surface area contributed by atoms with Gasteiger partial charge in [0.25, 0.3) is 5.91 Å². The SMILES string of the molecule is NC1CCN(C(=O)c2cc(F)ccc2-c2cccc(C(F)(F)F)c2)CC1. The number of nitrogens with zero attached hydrogens (tertiary/aromatic N) is 1. The van der Waals surface area contributed by atoms with Crippen molar-refractivity contribution < 1.29 is 22.4 Å². The maximum absolute atomic E-state index is 13.8. The average Bonchev–Trinajstić information content (AvgIpc) is 2.61. The molecule has 1 amide bonds. The van der Waals surface area contributed by atoms with Crippen molar-refractivity contribution in [3.63, 3.8) is 0 Å². The highest BCUT2D eigenvalue weighted by molar-refractivity contribution is 6.01. The molecule has 1 aliphatic rings. The van der Waals surface area contributed by atoms with Crippen LogP contribution < -0.4 is 5.73 Å². The van der Waals surface area contributed by atoms with Crippen LogP contribution in [0.2, 0.25) is 0 Å². The van der Waals surface area contributed by atoms with Crippen molar-refractivity contribution in [2.24, 2.45) is 5.73 Å². The van der Waals surface area contributed by atoms with Crippen LogP contribution in [-0.4, -0.2) is 29.9 Å². The predicted molar refractivity (Wildman–Crippen MR) is 90.0 cm³/mol. The van der Waals surface area contributed by atoms with Crippen LogP contribution in [0.4, 0.5) is 17.6 Å². The van der Waals surface area contributed by atoms with Gasteiger partial charge in [0.15, 0.2) is 0 Å². The van der Waals surface area contributed by atoms with Crippen LogP contribution in [0.25, 0.3) is 11.1 Å². The fourth-order valence-corrected chi connectivity index (χ4v) is 3.08. The van der Waals surface area contributed by atoms with Crippen LogP contribution in [0.15, 0.2) is 42.5 Å². The van der Waals surface area contributed by atoms with Gasteiger partial charge in [-0.05, 0) is 48.2 Å². The summed E-state index contributed by atoms with van der Waals surface area (Å²) >= 11 is 0. The quantitative estimate of drug-likeness (QED) is 0.815. The summed E-state index contributed by atoms with van der Waals surface area (Å²) in [5, 5.41) is 0. The van der Waals surface area contributed by atoms with E-state index in [0.717, 1.165) is 24.3 Å². The van der Waals surface area contributed by atoms with Gasteiger partial charge in [-0.2, -0.15) is 13.2 Å². The molecular formula is C19H18F4N2O. The Morgan fingerprint density at radius 3 is 2.42 bits per heavy atom.